The van der Waals surface area contributed by atoms with E-state index >= 15 is 0 Å². The molecule has 1 aliphatic rings. The summed E-state index contributed by atoms with van der Waals surface area (Å²) in [5, 5.41) is 2.57. The molecule has 1 N–H and O–H groups in total. The third kappa shape index (κ3) is 4.21. The van der Waals surface area contributed by atoms with Gasteiger partial charge in [-0.05, 0) is 44.2 Å². The Morgan fingerprint density at radius 1 is 1.17 bits per heavy atom. The first-order chi connectivity index (χ1) is 13.8. The molecule has 0 unspecified atom stereocenters. The summed E-state index contributed by atoms with van der Waals surface area (Å²) in [6, 6.07) is 10.3. The first-order valence-electron chi connectivity index (χ1n) is 9.17. The van der Waals surface area contributed by atoms with Crippen LogP contribution < -0.4 is 15.0 Å². The number of nitrogens with one attached hydrogen (secondary N) is 1. The lowest BCUT2D eigenvalue weighted by Gasteiger charge is -2.25. The normalized spacial score (nSPS) is 16.5. The van der Waals surface area contributed by atoms with Crippen molar-refractivity contribution in [3.05, 3.63) is 54.3 Å². The van der Waals surface area contributed by atoms with Crippen molar-refractivity contribution in [2.24, 2.45) is 0 Å². The highest BCUT2D eigenvalue weighted by molar-refractivity contribution is 6.22. The van der Waals surface area contributed by atoms with Crippen molar-refractivity contribution in [1.29, 1.82) is 0 Å². The van der Waals surface area contributed by atoms with E-state index in [1.807, 2.05) is 0 Å². The number of urea groups is 1. The van der Waals surface area contributed by atoms with E-state index in [4.69, 9.17) is 4.74 Å². The Morgan fingerprint density at radius 3 is 2.55 bits per heavy atom. The van der Waals surface area contributed by atoms with Crippen molar-refractivity contribution in [2.45, 2.75) is 32.4 Å². The Kier molecular flexibility index (Phi) is 5.81. The molecule has 0 radical (unpaired) electrons. The highest BCUT2D eigenvalue weighted by atomic mass is 19.1. The number of rotatable bonds is 6. The zero-order chi connectivity index (χ0) is 21.1. The van der Waals surface area contributed by atoms with E-state index in [2.05, 4.69) is 5.32 Å². The maximum absolute atomic E-state index is 13.3. The largest absolute Gasteiger partial charge is 0.497 e. The van der Waals surface area contributed by atoms with Crippen LogP contribution in [0.3, 0.4) is 0 Å². The third-order valence-electron chi connectivity index (χ3n) is 4.61. The molecule has 3 rings (SSSR count). The standard InChI is InChI=1S/C21H22FN3O4/c1-13(2)24-18(12-19(26)23-15-7-4-6-14(22)10-15)20(27)25(21(24)28)16-8-5-9-17(11-16)29-3/h4-11,13,18H,12H2,1-3H3,(H,23,26)/t18-/m1/s1. The second-order valence-electron chi connectivity index (χ2n) is 6.94. The molecule has 1 aliphatic heterocycles. The van der Waals surface area contributed by atoms with Crippen molar-refractivity contribution < 1.29 is 23.5 Å². The zero-order valence-corrected chi connectivity index (χ0v) is 16.4. The van der Waals surface area contributed by atoms with Gasteiger partial charge >= 0.3 is 6.03 Å². The number of hydrogen-bond acceptors (Lipinski definition) is 4. The van der Waals surface area contributed by atoms with E-state index in [1.165, 1.54) is 30.2 Å². The van der Waals surface area contributed by atoms with Crippen LogP contribution in [-0.4, -0.2) is 41.9 Å². The van der Waals surface area contributed by atoms with Gasteiger partial charge in [-0.1, -0.05) is 12.1 Å². The second kappa shape index (κ2) is 8.30. The minimum Gasteiger partial charge on any atom is -0.497 e. The Hall–Kier alpha value is -3.42. The van der Waals surface area contributed by atoms with Gasteiger partial charge in [0.05, 0.1) is 19.2 Å². The van der Waals surface area contributed by atoms with Crippen molar-refractivity contribution in [1.82, 2.24) is 4.90 Å². The van der Waals surface area contributed by atoms with Gasteiger partial charge < -0.3 is 15.0 Å². The van der Waals surface area contributed by atoms with Gasteiger partial charge in [0.25, 0.3) is 5.91 Å². The number of nitrogens with zero attached hydrogens (tertiary/aromatic N) is 2. The number of carbonyl (C=O) groups excluding carboxylic acids is 3. The average molecular weight is 399 g/mol. The fraction of sp³-hybridized carbons (Fsp3) is 0.286. The fourth-order valence-corrected chi connectivity index (χ4v) is 3.32. The molecule has 1 saturated heterocycles. The minimum absolute atomic E-state index is 0.236. The van der Waals surface area contributed by atoms with Crippen molar-refractivity contribution >= 4 is 29.2 Å². The zero-order valence-electron chi connectivity index (χ0n) is 16.4. The summed E-state index contributed by atoms with van der Waals surface area (Å²) in [4.78, 5) is 40.9. The van der Waals surface area contributed by atoms with E-state index in [-0.39, 0.29) is 18.2 Å². The summed E-state index contributed by atoms with van der Waals surface area (Å²) >= 11 is 0. The Bertz CT molecular complexity index is 947. The molecule has 2 aromatic carbocycles. The molecule has 4 amide bonds. The molecule has 1 atom stereocenters. The SMILES string of the molecule is COc1cccc(N2C(=O)[C@@H](CC(=O)Nc3cccc(F)c3)N(C(C)C)C2=O)c1. The van der Waals surface area contributed by atoms with Crippen molar-refractivity contribution in [2.75, 3.05) is 17.3 Å². The summed E-state index contributed by atoms with van der Waals surface area (Å²) in [6.07, 6.45) is -0.236. The fourth-order valence-electron chi connectivity index (χ4n) is 3.32. The molecule has 152 valence electrons. The maximum Gasteiger partial charge on any atom is 0.332 e. The maximum atomic E-state index is 13.3. The number of imide groups is 1. The Labute approximate surface area is 168 Å². The van der Waals surface area contributed by atoms with Crippen LogP contribution in [0.1, 0.15) is 20.3 Å². The average Bonchev–Trinajstić information content (AvgIpc) is 2.91. The van der Waals surface area contributed by atoms with Crippen LogP contribution in [0.15, 0.2) is 48.5 Å². The molecule has 1 fully saturated rings. The number of benzene rings is 2. The highest BCUT2D eigenvalue weighted by Crippen LogP contribution is 2.30. The number of ether oxygens (including phenoxy) is 1. The van der Waals surface area contributed by atoms with Gasteiger partial charge in [-0.25, -0.2) is 14.1 Å². The molecule has 1 heterocycles. The van der Waals surface area contributed by atoms with Crippen LogP contribution in [0.25, 0.3) is 0 Å². The van der Waals surface area contributed by atoms with E-state index in [0.29, 0.717) is 11.4 Å². The van der Waals surface area contributed by atoms with Crippen LogP contribution in [0.5, 0.6) is 5.75 Å². The quantitative estimate of drug-likeness (QED) is 0.755. The number of anilines is 2. The molecule has 0 aliphatic carbocycles. The van der Waals surface area contributed by atoms with Crippen LogP contribution in [0.4, 0.5) is 20.6 Å². The lowest BCUT2D eigenvalue weighted by molar-refractivity contribution is -0.124. The monoisotopic (exact) mass is 399 g/mol. The number of carbonyl (C=O) groups is 3. The first-order valence-corrected chi connectivity index (χ1v) is 9.17. The summed E-state index contributed by atoms with van der Waals surface area (Å²) in [5.74, 6) is -0.958. The molecule has 0 bridgehead atoms. The lowest BCUT2D eigenvalue weighted by Crippen LogP contribution is -2.42. The van der Waals surface area contributed by atoms with Gasteiger partial charge in [-0.2, -0.15) is 0 Å². The van der Waals surface area contributed by atoms with Gasteiger partial charge in [0, 0.05) is 17.8 Å². The second-order valence-corrected chi connectivity index (χ2v) is 6.94. The van der Waals surface area contributed by atoms with Crippen LogP contribution in [0.2, 0.25) is 0 Å². The number of halogens is 1. The van der Waals surface area contributed by atoms with E-state index < -0.39 is 29.7 Å². The molecular formula is C21H22FN3O4. The van der Waals surface area contributed by atoms with Crippen LogP contribution in [-0.2, 0) is 9.59 Å². The van der Waals surface area contributed by atoms with Gasteiger partial charge in [0.15, 0.2) is 0 Å². The molecule has 0 saturated carbocycles. The summed E-state index contributed by atoms with van der Waals surface area (Å²) < 4.78 is 18.5. The van der Waals surface area contributed by atoms with Crippen molar-refractivity contribution in [3.8, 4) is 5.75 Å². The van der Waals surface area contributed by atoms with Crippen molar-refractivity contribution in [3.63, 3.8) is 0 Å². The van der Waals surface area contributed by atoms with Crippen LogP contribution in [0, 0.1) is 5.82 Å². The first kappa shape index (κ1) is 20.3. The summed E-state index contributed by atoms with van der Waals surface area (Å²) in [7, 11) is 1.49. The minimum atomic E-state index is -0.956. The predicted molar refractivity (Wildman–Crippen MR) is 106 cm³/mol. The summed E-state index contributed by atoms with van der Waals surface area (Å²) in [5.41, 5.74) is 0.658. The molecule has 8 heteroatoms. The summed E-state index contributed by atoms with van der Waals surface area (Å²) in [6.45, 7) is 3.55. The molecule has 0 aromatic heterocycles. The van der Waals surface area contributed by atoms with E-state index in [0.717, 1.165) is 4.90 Å². The molecule has 0 spiro atoms. The van der Waals surface area contributed by atoms with E-state index in [1.54, 1.807) is 44.2 Å². The number of hydrogen-bond donors (Lipinski definition) is 1. The van der Waals surface area contributed by atoms with Gasteiger partial charge in [-0.15, -0.1) is 0 Å². The van der Waals surface area contributed by atoms with E-state index in [9.17, 15) is 18.8 Å². The predicted octanol–water partition coefficient (Wildman–Crippen LogP) is 3.41. The van der Waals surface area contributed by atoms with Gasteiger partial charge in [0.2, 0.25) is 5.91 Å². The Morgan fingerprint density at radius 2 is 1.90 bits per heavy atom. The third-order valence-corrected chi connectivity index (χ3v) is 4.61. The Balaban J connectivity index is 1.83. The highest BCUT2D eigenvalue weighted by Gasteiger charge is 2.47. The lowest BCUT2D eigenvalue weighted by atomic mass is 10.1. The van der Waals surface area contributed by atoms with Gasteiger partial charge in [0.1, 0.15) is 17.6 Å². The van der Waals surface area contributed by atoms with Gasteiger partial charge in [-0.3, -0.25) is 9.59 Å². The molecule has 2 aromatic rings. The number of methoxy groups -OCH3 is 1. The smallest absolute Gasteiger partial charge is 0.332 e. The molecule has 7 nitrogen and oxygen atoms in total. The molecule has 29 heavy (non-hydrogen) atoms. The van der Waals surface area contributed by atoms with Crippen LogP contribution >= 0.6 is 0 Å². The number of amides is 4. The molecular weight excluding hydrogens is 377 g/mol. The topological polar surface area (TPSA) is 79.0 Å².